The molecular weight excluding hydrogens is 352 g/mol. The number of para-hydroxylation sites is 1. The molecule has 1 aromatic carbocycles. The number of carbonyl (C=O) groups excluding carboxylic acids is 3. The van der Waals surface area contributed by atoms with Crippen LogP contribution < -0.4 is 5.32 Å². The number of aryl methyl sites for hydroxylation is 1. The number of nitrogens with zero attached hydrogens (tertiary/aromatic N) is 1. The van der Waals surface area contributed by atoms with Crippen molar-refractivity contribution < 1.29 is 14.4 Å². The van der Waals surface area contributed by atoms with Crippen LogP contribution in [0.3, 0.4) is 0 Å². The van der Waals surface area contributed by atoms with Crippen molar-refractivity contribution in [2.75, 3.05) is 11.9 Å². The highest BCUT2D eigenvalue weighted by Gasteiger charge is 2.64. The number of fused-ring (bicyclic) bond motifs is 2. The van der Waals surface area contributed by atoms with Crippen molar-refractivity contribution in [1.29, 1.82) is 0 Å². The fourth-order valence-electron chi connectivity index (χ4n) is 4.87. The van der Waals surface area contributed by atoms with Gasteiger partial charge in [0.15, 0.2) is 0 Å². The van der Waals surface area contributed by atoms with E-state index in [0.717, 1.165) is 29.7 Å². The number of hydrogen-bond donors (Lipinski definition) is 1. The van der Waals surface area contributed by atoms with Crippen LogP contribution in [0.25, 0.3) is 0 Å². The van der Waals surface area contributed by atoms with Crippen molar-refractivity contribution in [3.05, 3.63) is 29.3 Å². The Bertz CT molecular complexity index is 827. The lowest BCUT2D eigenvalue weighted by atomic mass is 9.62. The van der Waals surface area contributed by atoms with Crippen LogP contribution in [0, 0.1) is 23.7 Å². The van der Waals surface area contributed by atoms with E-state index >= 15 is 0 Å². The maximum Gasteiger partial charge on any atom is 0.235 e. The van der Waals surface area contributed by atoms with Crippen LogP contribution in [0.15, 0.2) is 18.2 Å². The molecule has 3 amide bonds. The molecule has 0 radical (unpaired) electrons. The van der Waals surface area contributed by atoms with Crippen LogP contribution in [0.5, 0.6) is 0 Å². The minimum Gasteiger partial charge on any atom is -0.326 e. The number of amides is 3. The van der Waals surface area contributed by atoms with Gasteiger partial charge in [-0.3, -0.25) is 19.3 Å². The lowest BCUT2D eigenvalue weighted by Crippen LogP contribution is -2.59. The van der Waals surface area contributed by atoms with Gasteiger partial charge in [-0.05, 0) is 42.2 Å². The molecule has 0 spiro atoms. The van der Waals surface area contributed by atoms with Crippen molar-refractivity contribution >= 4 is 23.4 Å². The summed E-state index contributed by atoms with van der Waals surface area (Å²) in [5.74, 6) is -0.251. The molecule has 2 unspecified atom stereocenters. The predicted molar refractivity (Wildman–Crippen MR) is 110 cm³/mol. The first-order valence-electron chi connectivity index (χ1n) is 10.3. The predicted octanol–water partition coefficient (Wildman–Crippen LogP) is 4.26. The third-order valence-corrected chi connectivity index (χ3v) is 7.26. The molecule has 2 aliphatic rings. The van der Waals surface area contributed by atoms with Gasteiger partial charge in [0.2, 0.25) is 17.7 Å². The molecule has 1 N–H and O–H groups in total. The molecule has 2 bridgehead atoms. The summed E-state index contributed by atoms with van der Waals surface area (Å²) in [7, 11) is 0. The number of benzene rings is 1. The Labute approximate surface area is 167 Å². The van der Waals surface area contributed by atoms with E-state index in [1.807, 2.05) is 45.9 Å². The van der Waals surface area contributed by atoms with Gasteiger partial charge >= 0.3 is 0 Å². The number of likely N-dealkylation sites (tertiary alicyclic amines) is 1. The highest BCUT2D eigenvalue weighted by atomic mass is 16.2. The van der Waals surface area contributed by atoms with Gasteiger partial charge in [-0.1, -0.05) is 52.8 Å². The van der Waals surface area contributed by atoms with E-state index in [1.54, 1.807) is 0 Å². The maximum absolute atomic E-state index is 13.1. The van der Waals surface area contributed by atoms with Gasteiger partial charge in [0, 0.05) is 24.6 Å². The summed E-state index contributed by atoms with van der Waals surface area (Å²) in [6.07, 6.45) is 1.60. The molecule has 3 rings (SSSR count). The topological polar surface area (TPSA) is 66.5 Å². The van der Waals surface area contributed by atoms with Crippen LogP contribution in [0.4, 0.5) is 5.69 Å². The van der Waals surface area contributed by atoms with Gasteiger partial charge in [-0.2, -0.15) is 0 Å². The monoisotopic (exact) mass is 384 g/mol. The summed E-state index contributed by atoms with van der Waals surface area (Å²) in [5, 5.41) is 3.01. The van der Waals surface area contributed by atoms with E-state index in [4.69, 9.17) is 0 Å². The lowest BCUT2D eigenvalue weighted by molar-refractivity contribution is -0.167. The summed E-state index contributed by atoms with van der Waals surface area (Å²) >= 11 is 0. The van der Waals surface area contributed by atoms with E-state index < -0.39 is 5.41 Å². The van der Waals surface area contributed by atoms with Gasteiger partial charge in [-0.25, -0.2) is 0 Å². The Morgan fingerprint density at radius 2 is 1.93 bits per heavy atom. The third kappa shape index (κ3) is 3.05. The van der Waals surface area contributed by atoms with E-state index in [2.05, 4.69) is 19.2 Å². The molecular formula is C23H32N2O3. The first-order chi connectivity index (χ1) is 13.0. The van der Waals surface area contributed by atoms with Gasteiger partial charge in [0.25, 0.3) is 0 Å². The summed E-state index contributed by atoms with van der Waals surface area (Å²) < 4.78 is 0. The molecule has 28 heavy (non-hydrogen) atoms. The molecule has 1 aliphatic heterocycles. The quantitative estimate of drug-likeness (QED) is 0.772. The third-order valence-electron chi connectivity index (χ3n) is 7.26. The number of rotatable bonds is 5. The average Bonchev–Trinajstić information content (AvgIpc) is 2.80. The minimum atomic E-state index is -0.525. The summed E-state index contributed by atoms with van der Waals surface area (Å²) in [6, 6.07) is 5.98. The first-order valence-corrected chi connectivity index (χ1v) is 10.3. The number of hydrogen-bond acceptors (Lipinski definition) is 3. The zero-order valence-corrected chi connectivity index (χ0v) is 17.9. The van der Waals surface area contributed by atoms with Crippen LogP contribution in [-0.4, -0.2) is 29.2 Å². The molecule has 152 valence electrons. The summed E-state index contributed by atoms with van der Waals surface area (Å²) in [5.41, 5.74) is 2.09. The molecule has 5 heteroatoms. The fourth-order valence-corrected chi connectivity index (χ4v) is 4.87. The molecule has 2 atom stereocenters. The standard InChI is InChI=1S/C23H32N2O3/c1-14(2)16-9-7-8-15(3)19(16)24-18(26)11-13-25-20(27)17-10-12-23(6,21(25)28)22(17,4)5/h7-9,14,17H,10-13H2,1-6H3,(H,24,26). The van der Waals surface area contributed by atoms with E-state index in [0.29, 0.717) is 5.92 Å². The molecule has 1 heterocycles. The first kappa shape index (κ1) is 20.6. The van der Waals surface area contributed by atoms with Crippen molar-refractivity contribution in [2.24, 2.45) is 16.7 Å². The molecule has 1 saturated heterocycles. The average molecular weight is 385 g/mol. The Balaban J connectivity index is 1.71. The van der Waals surface area contributed by atoms with Crippen molar-refractivity contribution in [3.8, 4) is 0 Å². The number of carbonyl (C=O) groups is 3. The Morgan fingerprint density at radius 3 is 2.57 bits per heavy atom. The van der Waals surface area contributed by atoms with Crippen LogP contribution in [0.1, 0.15) is 70.9 Å². The van der Waals surface area contributed by atoms with Gasteiger partial charge in [0.05, 0.1) is 5.41 Å². The van der Waals surface area contributed by atoms with E-state index in [9.17, 15) is 14.4 Å². The normalized spacial score (nSPS) is 26.1. The zero-order chi connectivity index (χ0) is 20.9. The molecule has 2 fully saturated rings. The zero-order valence-electron chi connectivity index (χ0n) is 17.9. The highest BCUT2D eigenvalue weighted by molar-refractivity contribution is 6.04. The van der Waals surface area contributed by atoms with E-state index in [1.165, 1.54) is 4.90 Å². The molecule has 5 nitrogen and oxygen atoms in total. The molecule has 1 saturated carbocycles. The SMILES string of the molecule is Cc1cccc(C(C)C)c1NC(=O)CCN1C(=O)C2CCC(C)(C1=O)C2(C)C. The van der Waals surface area contributed by atoms with Crippen LogP contribution >= 0.6 is 0 Å². The molecule has 1 aliphatic carbocycles. The number of anilines is 1. The second-order valence-corrected chi connectivity index (χ2v) is 9.43. The Kier molecular flexibility index (Phi) is 5.15. The number of imide groups is 1. The van der Waals surface area contributed by atoms with Crippen molar-refractivity contribution in [2.45, 2.75) is 66.7 Å². The van der Waals surface area contributed by atoms with Gasteiger partial charge in [-0.15, -0.1) is 0 Å². The van der Waals surface area contributed by atoms with Gasteiger partial charge in [0.1, 0.15) is 0 Å². The second-order valence-electron chi connectivity index (χ2n) is 9.43. The smallest absolute Gasteiger partial charge is 0.235 e. The summed E-state index contributed by atoms with van der Waals surface area (Å²) in [4.78, 5) is 39.9. The van der Waals surface area contributed by atoms with Crippen molar-refractivity contribution in [3.63, 3.8) is 0 Å². The molecule has 1 aromatic rings. The number of nitrogens with one attached hydrogen (secondary N) is 1. The molecule has 0 aromatic heterocycles. The second kappa shape index (κ2) is 7.02. The fraction of sp³-hybridized carbons (Fsp3) is 0.609. The minimum absolute atomic E-state index is 0.114. The lowest BCUT2D eigenvalue weighted by Gasteiger charge is -2.47. The Hall–Kier alpha value is -2.17. The van der Waals surface area contributed by atoms with E-state index in [-0.39, 0.29) is 42.0 Å². The summed E-state index contributed by atoms with van der Waals surface area (Å²) in [6.45, 7) is 12.3. The Morgan fingerprint density at radius 1 is 1.25 bits per heavy atom. The van der Waals surface area contributed by atoms with Crippen LogP contribution in [0.2, 0.25) is 0 Å². The van der Waals surface area contributed by atoms with Crippen LogP contribution in [-0.2, 0) is 14.4 Å². The van der Waals surface area contributed by atoms with Crippen molar-refractivity contribution in [1.82, 2.24) is 4.90 Å². The largest absolute Gasteiger partial charge is 0.326 e. The highest BCUT2D eigenvalue weighted by Crippen LogP contribution is 2.60. The maximum atomic E-state index is 13.1. The number of piperidine rings is 1. The van der Waals surface area contributed by atoms with Gasteiger partial charge < -0.3 is 5.32 Å².